The Balaban J connectivity index is 1.22. The van der Waals surface area contributed by atoms with Crippen LogP contribution in [0.3, 0.4) is 0 Å². The smallest absolute Gasteiger partial charge is 0.416 e. The largest absolute Gasteiger partial charge is 0.490 e. The molecular formula is C26H25F4N3O2. The monoisotopic (exact) mass is 487 g/mol. The van der Waals surface area contributed by atoms with Crippen molar-refractivity contribution < 1.29 is 27.1 Å². The van der Waals surface area contributed by atoms with Crippen LogP contribution in [0.2, 0.25) is 0 Å². The van der Waals surface area contributed by atoms with E-state index in [1.807, 2.05) is 6.92 Å². The molecule has 184 valence electrons. The molecule has 2 aliphatic carbocycles. The normalized spacial score (nSPS) is 24.1. The average Bonchev–Trinajstić information content (AvgIpc) is 3.27. The summed E-state index contributed by atoms with van der Waals surface area (Å²) in [7, 11) is 0. The average molecular weight is 487 g/mol. The summed E-state index contributed by atoms with van der Waals surface area (Å²) < 4.78 is 58.6. The van der Waals surface area contributed by atoms with Gasteiger partial charge in [-0.15, -0.1) is 0 Å². The number of nitrogen functional groups attached to an aromatic ring is 1. The Morgan fingerprint density at radius 1 is 1.17 bits per heavy atom. The third-order valence-electron chi connectivity index (χ3n) is 7.30. The van der Waals surface area contributed by atoms with Crippen molar-refractivity contribution in [3.05, 3.63) is 60.0 Å². The highest BCUT2D eigenvalue weighted by atomic mass is 19.4. The molecule has 0 aliphatic heterocycles. The molecule has 5 atom stereocenters. The number of hydrogen-bond acceptors (Lipinski definition) is 4. The summed E-state index contributed by atoms with van der Waals surface area (Å²) in [6.07, 6.45) is -0.686. The molecule has 2 aromatic carbocycles. The van der Waals surface area contributed by atoms with Crippen LogP contribution in [0.15, 0.2) is 48.7 Å². The van der Waals surface area contributed by atoms with E-state index in [4.69, 9.17) is 10.5 Å². The first-order valence-electron chi connectivity index (χ1n) is 11.6. The number of amides is 1. The lowest BCUT2D eigenvalue weighted by Crippen LogP contribution is -2.27. The van der Waals surface area contributed by atoms with Gasteiger partial charge in [0.1, 0.15) is 11.6 Å². The molecule has 0 radical (unpaired) electrons. The number of rotatable bonds is 6. The highest BCUT2D eigenvalue weighted by molar-refractivity contribution is 5.95. The number of hydrogen-bond donors (Lipinski definition) is 2. The number of carbonyl (C=O) groups excluding carboxylic acids is 1. The summed E-state index contributed by atoms with van der Waals surface area (Å²) in [6.45, 7) is 1.93. The van der Waals surface area contributed by atoms with Crippen molar-refractivity contribution in [1.82, 2.24) is 4.98 Å². The van der Waals surface area contributed by atoms with Crippen molar-refractivity contribution in [3.63, 3.8) is 0 Å². The van der Waals surface area contributed by atoms with Crippen molar-refractivity contribution in [2.75, 3.05) is 11.1 Å². The van der Waals surface area contributed by atoms with Crippen LogP contribution in [0.1, 0.15) is 31.7 Å². The Morgan fingerprint density at radius 3 is 2.57 bits per heavy atom. The summed E-state index contributed by atoms with van der Waals surface area (Å²) in [6, 6.07) is 9.08. The van der Waals surface area contributed by atoms with E-state index >= 15 is 0 Å². The van der Waals surface area contributed by atoms with E-state index in [1.165, 1.54) is 18.2 Å². The van der Waals surface area contributed by atoms with Crippen LogP contribution in [-0.4, -0.2) is 17.0 Å². The number of pyridine rings is 1. The van der Waals surface area contributed by atoms with Crippen LogP contribution < -0.4 is 15.8 Å². The molecular weight excluding hydrogens is 462 g/mol. The maximum Gasteiger partial charge on any atom is 0.416 e. The Morgan fingerprint density at radius 2 is 1.91 bits per heavy atom. The van der Waals surface area contributed by atoms with E-state index < -0.39 is 11.7 Å². The van der Waals surface area contributed by atoms with Gasteiger partial charge in [0, 0.05) is 17.5 Å². The van der Waals surface area contributed by atoms with Crippen molar-refractivity contribution in [1.29, 1.82) is 0 Å². The van der Waals surface area contributed by atoms with Crippen LogP contribution in [0, 0.1) is 29.5 Å². The highest BCUT2D eigenvalue weighted by Gasteiger charge is 2.60. The van der Waals surface area contributed by atoms with E-state index in [0.29, 0.717) is 34.9 Å². The van der Waals surface area contributed by atoms with E-state index in [0.717, 1.165) is 25.0 Å². The zero-order chi connectivity index (χ0) is 24.9. The van der Waals surface area contributed by atoms with Gasteiger partial charge in [-0.3, -0.25) is 9.78 Å². The molecule has 5 nitrogen and oxygen atoms in total. The minimum atomic E-state index is -4.50. The summed E-state index contributed by atoms with van der Waals surface area (Å²) in [5.41, 5.74) is 5.65. The zero-order valence-electron chi connectivity index (χ0n) is 19.0. The van der Waals surface area contributed by atoms with Gasteiger partial charge in [-0.2, -0.15) is 13.2 Å². The number of nitrogens with one attached hydrogen (secondary N) is 1. The quantitative estimate of drug-likeness (QED) is 0.328. The molecule has 5 rings (SSSR count). The van der Waals surface area contributed by atoms with E-state index in [1.54, 1.807) is 18.3 Å². The number of carbonyl (C=O) groups is 1. The predicted octanol–water partition coefficient (Wildman–Crippen LogP) is 6.04. The second-order valence-corrected chi connectivity index (χ2v) is 9.39. The number of halogens is 4. The van der Waals surface area contributed by atoms with Gasteiger partial charge in [0.05, 0.1) is 28.6 Å². The molecule has 3 aromatic rings. The Bertz CT molecular complexity index is 1270. The number of nitrogens with two attached hydrogens (primary N) is 1. The van der Waals surface area contributed by atoms with Gasteiger partial charge in [0.15, 0.2) is 0 Å². The molecule has 1 aromatic heterocycles. The molecule has 1 heterocycles. The molecule has 1 amide bonds. The first-order chi connectivity index (χ1) is 16.7. The van der Waals surface area contributed by atoms with Crippen molar-refractivity contribution in [3.8, 4) is 5.75 Å². The van der Waals surface area contributed by atoms with Crippen molar-refractivity contribution in [2.24, 2.45) is 23.7 Å². The minimum Gasteiger partial charge on any atom is -0.490 e. The first kappa shape index (κ1) is 23.4. The molecule has 2 saturated carbocycles. The van der Waals surface area contributed by atoms with Gasteiger partial charge in [-0.25, -0.2) is 4.39 Å². The lowest BCUT2D eigenvalue weighted by molar-refractivity contribution is -0.137. The topological polar surface area (TPSA) is 77.2 Å². The number of alkyl halides is 3. The summed E-state index contributed by atoms with van der Waals surface area (Å²) in [5, 5.41) is 3.35. The summed E-state index contributed by atoms with van der Waals surface area (Å²) in [5.74, 6) is 0.628. The molecule has 0 saturated heterocycles. The molecule has 2 fully saturated rings. The number of benzene rings is 2. The maximum atomic E-state index is 13.7. The fourth-order valence-corrected chi connectivity index (χ4v) is 5.62. The second kappa shape index (κ2) is 8.70. The van der Waals surface area contributed by atoms with E-state index in [9.17, 15) is 22.4 Å². The van der Waals surface area contributed by atoms with Gasteiger partial charge in [-0.1, -0.05) is 6.92 Å². The van der Waals surface area contributed by atoms with Crippen LogP contribution in [0.5, 0.6) is 5.75 Å². The molecule has 35 heavy (non-hydrogen) atoms. The van der Waals surface area contributed by atoms with Gasteiger partial charge in [0.2, 0.25) is 5.91 Å². The minimum absolute atomic E-state index is 0.0266. The van der Waals surface area contributed by atoms with Crippen molar-refractivity contribution >= 4 is 28.2 Å². The predicted molar refractivity (Wildman–Crippen MR) is 124 cm³/mol. The van der Waals surface area contributed by atoms with E-state index in [2.05, 4.69) is 10.3 Å². The first-order valence-corrected chi connectivity index (χ1v) is 11.6. The number of fused-ring (bicyclic) bond motifs is 2. The van der Waals surface area contributed by atoms with E-state index in [-0.39, 0.29) is 41.0 Å². The molecule has 0 spiro atoms. The Labute approximate surface area is 199 Å². The number of aromatic nitrogens is 1. The van der Waals surface area contributed by atoms with Crippen molar-refractivity contribution in [2.45, 2.75) is 38.5 Å². The Hall–Kier alpha value is -3.36. The lowest BCUT2D eigenvalue weighted by Gasteiger charge is -2.22. The zero-order valence-corrected chi connectivity index (χ0v) is 19.0. The fraction of sp³-hybridized carbons (Fsp3) is 0.385. The Kier molecular flexibility index (Phi) is 5.81. The molecule has 0 bridgehead atoms. The summed E-state index contributed by atoms with van der Waals surface area (Å²) in [4.78, 5) is 17.2. The van der Waals surface area contributed by atoms with Crippen LogP contribution in [0.4, 0.5) is 28.9 Å². The maximum absolute atomic E-state index is 13.7. The summed E-state index contributed by atoms with van der Waals surface area (Å²) >= 11 is 0. The number of anilines is 2. The van der Waals surface area contributed by atoms with Gasteiger partial charge < -0.3 is 15.8 Å². The molecule has 2 aliphatic rings. The third kappa shape index (κ3) is 4.51. The van der Waals surface area contributed by atoms with Gasteiger partial charge >= 0.3 is 6.18 Å². The van der Waals surface area contributed by atoms with Crippen LogP contribution in [-0.2, 0) is 11.0 Å². The van der Waals surface area contributed by atoms with Gasteiger partial charge in [0.25, 0.3) is 0 Å². The van der Waals surface area contributed by atoms with Crippen LogP contribution >= 0.6 is 0 Å². The van der Waals surface area contributed by atoms with Gasteiger partial charge in [-0.05, 0) is 79.5 Å². The standard InChI is InChI=1S/C26H25F4N3O2/c1-2-16(25(34)33-22-5-3-13(9-20(22)31)26(28,29)30)24-17-11-15(12-18(17)24)35-23-7-8-32-21-6-4-14(27)10-19(21)23/h3-10,15-18,24H,2,11-12,31H2,1H3,(H,33,34)/t15?,16?,17-,18+,24?. The molecule has 9 heteroatoms. The SMILES string of the molecule is CCC(C(=O)Nc1ccc(C(F)(F)F)cc1N)C1[C@H]2CC(Oc3ccnc4ccc(F)cc34)C[C@@H]12. The number of ether oxygens (including phenoxy) is 1. The molecule has 3 N–H and O–H groups in total. The fourth-order valence-electron chi connectivity index (χ4n) is 5.62. The molecule has 3 unspecified atom stereocenters. The second-order valence-electron chi connectivity index (χ2n) is 9.39. The van der Waals surface area contributed by atoms with Crippen LogP contribution in [0.25, 0.3) is 10.9 Å². The highest BCUT2D eigenvalue weighted by Crippen LogP contribution is 2.62. The lowest BCUT2D eigenvalue weighted by atomic mass is 9.92. The third-order valence-corrected chi connectivity index (χ3v) is 7.30. The number of nitrogens with zero attached hydrogens (tertiary/aromatic N) is 1.